The van der Waals surface area contributed by atoms with Crippen LogP contribution in [0.4, 0.5) is 11.5 Å². The van der Waals surface area contributed by atoms with Crippen LogP contribution in [0.25, 0.3) is 0 Å². The lowest BCUT2D eigenvalue weighted by Crippen LogP contribution is -2.00. The Kier molecular flexibility index (Phi) is 7.14. The second kappa shape index (κ2) is 9.78. The number of pyridine rings is 1. The molecule has 0 radical (unpaired) electrons. The molecule has 0 aliphatic carbocycles. The second-order valence-corrected chi connectivity index (χ2v) is 7.94. The maximum atomic E-state index is 10.6. The summed E-state index contributed by atoms with van der Waals surface area (Å²) >= 11 is 4.48. The molecule has 9 heteroatoms. The predicted molar refractivity (Wildman–Crippen MR) is 125 cm³/mol. The van der Waals surface area contributed by atoms with Crippen molar-refractivity contribution in [2.45, 2.75) is 6.61 Å². The third-order valence-corrected chi connectivity index (χ3v) is 5.20. The van der Waals surface area contributed by atoms with Crippen LogP contribution in [0.3, 0.4) is 0 Å². The van der Waals surface area contributed by atoms with Crippen LogP contribution in [0.2, 0.25) is 0 Å². The van der Waals surface area contributed by atoms with Crippen molar-refractivity contribution < 1.29 is 9.66 Å². The van der Waals surface area contributed by atoms with E-state index in [9.17, 15) is 10.1 Å². The smallest absolute Gasteiger partial charge is 0.287 e. The fraction of sp³-hybridized carbons (Fsp3) is 0.0526. The molecule has 28 heavy (non-hydrogen) atoms. The second-order valence-electron chi connectivity index (χ2n) is 5.62. The first-order chi connectivity index (χ1) is 13.5. The van der Waals surface area contributed by atoms with Crippen molar-refractivity contribution in [2.24, 2.45) is 5.10 Å². The van der Waals surface area contributed by atoms with Crippen LogP contribution in [-0.4, -0.2) is 16.1 Å². The number of ether oxygens (including phenoxy) is 1. The molecule has 1 aromatic heterocycles. The van der Waals surface area contributed by atoms with Crippen molar-refractivity contribution in [3.63, 3.8) is 0 Å². The molecule has 1 heterocycles. The van der Waals surface area contributed by atoms with Gasteiger partial charge in [-0.3, -0.25) is 15.5 Å². The van der Waals surface area contributed by atoms with Gasteiger partial charge in [-0.15, -0.1) is 0 Å². The standard InChI is InChI=1S/C19H14I2N4O3/c20-16-8-14(10-23-24-18-7-6-15(11-22-18)25(26)27)9-17(21)19(16)28-12-13-4-2-1-3-5-13/h1-11H,12H2,(H,22,24)/b23-10-. The molecule has 0 amide bonds. The van der Waals surface area contributed by atoms with Gasteiger partial charge in [-0.25, -0.2) is 4.98 Å². The van der Waals surface area contributed by atoms with E-state index in [0.29, 0.717) is 12.4 Å². The summed E-state index contributed by atoms with van der Waals surface area (Å²) in [6.07, 6.45) is 2.84. The molecule has 0 unspecified atom stereocenters. The Balaban J connectivity index is 1.64. The zero-order valence-electron chi connectivity index (χ0n) is 14.4. The summed E-state index contributed by atoms with van der Waals surface area (Å²) in [5.41, 5.74) is 4.70. The molecule has 0 atom stereocenters. The monoisotopic (exact) mass is 600 g/mol. The number of nitrogens with zero attached hydrogens (tertiary/aromatic N) is 3. The minimum atomic E-state index is -0.495. The van der Waals surface area contributed by atoms with Crippen LogP contribution in [0.5, 0.6) is 5.75 Å². The Hall–Kier alpha value is -2.28. The number of nitro groups is 1. The third-order valence-electron chi connectivity index (χ3n) is 3.60. The SMILES string of the molecule is O=[N+]([O-])c1ccc(N/N=C\c2cc(I)c(OCc3ccccc3)c(I)c2)nc1. The molecule has 0 spiro atoms. The fourth-order valence-electron chi connectivity index (χ4n) is 2.25. The molecule has 7 nitrogen and oxygen atoms in total. The normalized spacial score (nSPS) is 10.8. The first-order valence-electron chi connectivity index (χ1n) is 8.08. The van der Waals surface area contributed by atoms with E-state index in [-0.39, 0.29) is 5.69 Å². The number of rotatable bonds is 7. The van der Waals surface area contributed by atoms with Gasteiger partial charge in [0.05, 0.1) is 18.3 Å². The molecule has 3 rings (SSSR count). The van der Waals surface area contributed by atoms with Crippen molar-refractivity contribution in [3.8, 4) is 5.75 Å². The molecule has 0 bridgehead atoms. The van der Waals surface area contributed by atoms with Crippen molar-refractivity contribution >= 4 is 62.9 Å². The lowest BCUT2D eigenvalue weighted by Gasteiger charge is -2.11. The van der Waals surface area contributed by atoms with E-state index in [1.807, 2.05) is 42.5 Å². The van der Waals surface area contributed by atoms with Gasteiger partial charge in [-0.1, -0.05) is 30.3 Å². The maximum Gasteiger partial charge on any atom is 0.287 e. The maximum absolute atomic E-state index is 10.6. The molecule has 0 saturated heterocycles. The van der Waals surface area contributed by atoms with Crippen molar-refractivity contribution in [3.05, 3.63) is 89.2 Å². The number of hydrogen-bond acceptors (Lipinski definition) is 6. The van der Waals surface area contributed by atoms with Crippen molar-refractivity contribution in [1.29, 1.82) is 0 Å². The van der Waals surface area contributed by atoms with Crippen LogP contribution >= 0.6 is 45.2 Å². The lowest BCUT2D eigenvalue weighted by atomic mass is 10.2. The summed E-state index contributed by atoms with van der Waals surface area (Å²) in [6.45, 7) is 0.508. The zero-order chi connectivity index (χ0) is 19.9. The fourth-order valence-corrected chi connectivity index (χ4v) is 4.38. The third kappa shape index (κ3) is 5.61. The van der Waals surface area contributed by atoms with E-state index in [1.54, 1.807) is 6.21 Å². The van der Waals surface area contributed by atoms with Crippen LogP contribution < -0.4 is 10.2 Å². The van der Waals surface area contributed by atoms with E-state index >= 15 is 0 Å². The summed E-state index contributed by atoms with van der Waals surface area (Å²) in [6, 6.07) is 16.8. The minimum Gasteiger partial charge on any atom is -0.487 e. The highest BCUT2D eigenvalue weighted by Crippen LogP contribution is 2.29. The first kappa shape index (κ1) is 20.5. The summed E-state index contributed by atoms with van der Waals surface area (Å²) in [5.74, 6) is 1.27. The summed E-state index contributed by atoms with van der Waals surface area (Å²) in [5, 5.41) is 14.8. The van der Waals surface area contributed by atoms with E-state index < -0.39 is 4.92 Å². The molecule has 0 aliphatic heterocycles. The molecule has 0 aliphatic rings. The highest BCUT2D eigenvalue weighted by molar-refractivity contribution is 14.1. The average Bonchev–Trinajstić information content (AvgIpc) is 2.68. The molecule has 0 saturated carbocycles. The predicted octanol–water partition coefficient (Wildman–Crippen LogP) is 5.22. The lowest BCUT2D eigenvalue weighted by molar-refractivity contribution is -0.385. The summed E-state index contributed by atoms with van der Waals surface area (Å²) < 4.78 is 7.94. The van der Waals surface area contributed by atoms with Crippen LogP contribution in [0, 0.1) is 17.3 Å². The van der Waals surface area contributed by atoms with Gasteiger partial charge in [0, 0.05) is 6.07 Å². The number of nitrogens with one attached hydrogen (secondary N) is 1. The summed E-state index contributed by atoms with van der Waals surface area (Å²) in [4.78, 5) is 14.1. The first-order valence-corrected chi connectivity index (χ1v) is 10.2. The number of aromatic nitrogens is 1. The molecule has 142 valence electrons. The Morgan fingerprint density at radius 3 is 2.46 bits per heavy atom. The van der Waals surface area contributed by atoms with Gasteiger partial charge in [-0.2, -0.15) is 5.10 Å². The zero-order valence-corrected chi connectivity index (χ0v) is 18.7. The van der Waals surface area contributed by atoms with Gasteiger partial charge in [0.2, 0.25) is 0 Å². The van der Waals surface area contributed by atoms with Gasteiger partial charge < -0.3 is 4.74 Å². The number of benzene rings is 2. The molecule has 1 N–H and O–H groups in total. The number of hydrazone groups is 1. The van der Waals surface area contributed by atoms with E-state index in [4.69, 9.17) is 4.74 Å². The minimum absolute atomic E-state index is 0.0651. The average molecular weight is 600 g/mol. The van der Waals surface area contributed by atoms with E-state index in [2.05, 4.69) is 60.7 Å². The highest BCUT2D eigenvalue weighted by atomic mass is 127. The van der Waals surface area contributed by atoms with Crippen LogP contribution in [0.15, 0.2) is 65.9 Å². The Morgan fingerprint density at radius 1 is 1.14 bits per heavy atom. The van der Waals surface area contributed by atoms with Crippen LogP contribution in [0.1, 0.15) is 11.1 Å². The van der Waals surface area contributed by atoms with Crippen LogP contribution in [-0.2, 0) is 6.61 Å². The highest BCUT2D eigenvalue weighted by Gasteiger charge is 2.09. The molecule has 2 aromatic carbocycles. The Labute approximate surface area is 188 Å². The van der Waals surface area contributed by atoms with Gasteiger partial charge in [0.1, 0.15) is 24.4 Å². The van der Waals surface area contributed by atoms with Crippen molar-refractivity contribution in [1.82, 2.24) is 4.98 Å². The number of anilines is 1. The quantitative estimate of drug-likeness (QED) is 0.174. The van der Waals surface area contributed by atoms with Gasteiger partial charge in [0.15, 0.2) is 0 Å². The van der Waals surface area contributed by atoms with Gasteiger partial charge in [0.25, 0.3) is 5.69 Å². The molecule has 0 fully saturated rings. The molecular weight excluding hydrogens is 586 g/mol. The van der Waals surface area contributed by atoms with E-state index in [0.717, 1.165) is 24.0 Å². The summed E-state index contributed by atoms with van der Waals surface area (Å²) in [7, 11) is 0. The largest absolute Gasteiger partial charge is 0.487 e. The number of halogens is 2. The Morgan fingerprint density at radius 2 is 1.86 bits per heavy atom. The van der Waals surface area contributed by atoms with Crippen molar-refractivity contribution in [2.75, 3.05) is 5.43 Å². The molecular formula is C19H14I2N4O3. The van der Waals surface area contributed by atoms with E-state index in [1.165, 1.54) is 18.3 Å². The van der Waals surface area contributed by atoms with Gasteiger partial charge >= 0.3 is 0 Å². The Bertz CT molecular complexity index is 973. The van der Waals surface area contributed by atoms with Gasteiger partial charge in [-0.05, 0) is 74.5 Å². The molecule has 3 aromatic rings. The topological polar surface area (TPSA) is 89.7 Å². The number of hydrogen-bond donors (Lipinski definition) is 1.